The first kappa shape index (κ1) is 37.0. The molecule has 2 unspecified atom stereocenters. The summed E-state index contributed by atoms with van der Waals surface area (Å²) in [5, 5.41) is 5.21. The van der Waals surface area contributed by atoms with Crippen molar-refractivity contribution in [2.75, 3.05) is 71.9 Å². The number of hydrogen-bond donors (Lipinski definition) is 3. The average Bonchev–Trinajstić information content (AvgIpc) is 3.80. The number of carbonyl (C=O) groups excluding carboxylic acids is 1. The van der Waals surface area contributed by atoms with Crippen molar-refractivity contribution < 1.29 is 4.79 Å². The lowest BCUT2D eigenvalue weighted by Crippen LogP contribution is -2.49. The van der Waals surface area contributed by atoms with Crippen LogP contribution in [0.15, 0.2) is 99.3 Å². The van der Waals surface area contributed by atoms with Gasteiger partial charge in [-0.2, -0.15) is 0 Å². The molecule has 0 radical (unpaired) electrons. The number of aryl methyl sites for hydroxylation is 1. The van der Waals surface area contributed by atoms with Crippen LogP contribution < -0.4 is 21.6 Å². The van der Waals surface area contributed by atoms with Gasteiger partial charge in [-0.25, -0.2) is 0 Å². The maximum atomic E-state index is 12.1. The van der Waals surface area contributed by atoms with Gasteiger partial charge in [-0.05, 0) is 112 Å². The molecule has 0 aliphatic carbocycles. The number of likely N-dealkylation sites (tertiary alicyclic amines) is 2. The van der Waals surface area contributed by atoms with Crippen molar-refractivity contribution in [3.05, 3.63) is 133 Å². The fraction of sp³-hybridized carbons (Fsp3) is 0.349. The topological polar surface area (TPSA) is 129 Å². The molecule has 11 heteroatoms. The number of pyridine rings is 3. The first-order valence-electron chi connectivity index (χ1n) is 18.8. The number of piperazine rings is 1. The summed E-state index contributed by atoms with van der Waals surface area (Å²) in [4.78, 5) is 65.2. The van der Waals surface area contributed by atoms with Gasteiger partial charge < -0.3 is 24.8 Å². The van der Waals surface area contributed by atoms with E-state index < -0.39 is 0 Å². The van der Waals surface area contributed by atoms with Crippen LogP contribution in [-0.2, 0) is 4.79 Å². The Morgan fingerprint density at radius 3 is 1.67 bits per heavy atom. The first-order valence-corrected chi connectivity index (χ1v) is 18.8. The molecule has 0 spiro atoms. The molecule has 6 heterocycles. The Morgan fingerprint density at radius 2 is 1.07 bits per heavy atom. The Morgan fingerprint density at radius 1 is 0.537 bits per heavy atom. The van der Waals surface area contributed by atoms with Crippen molar-refractivity contribution in [2.45, 2.75) is 31.6 Å². The zero-order valence-electron chi connectivity index (χ0n) is 31.5. The molecule has 0 saturated carbocycles. The summed E-state index contributed by atoms with van der Waals surface area (Å²) in [6.07, 6.45) is 2.26. The monoisotopic (exact) mass is 727 g/mol. The van der Waals surface area contributed by atoms with Crippen LogP contribution in [0.2, 0.25) is 0 Å². The molecule has 2 atom stereocenters. The number of hydrogen-bond acceptors (Lipinski definition) is 7. The SMILES string of the molecule is CN1CCC(c2cc3ccccc3c(=O)[nH]2)C1.CN1CCN(c2cc3ccccc3c(=O)[nH]2)C(=O)C1.Cc1cccc2c(=O)[nH]c(C3CCN(C)C3)cc12. The van der Waals surface area contributed by atoms with E-state index in [2.05, 4.69) is 64.0 Å². The number of nitrogens with zero attached hydrogens (tertiary/aromatic N) is 4. The van der Waals surface area contributed by atoms with Crippen LogP contribution >= 0.6 is 0 Å². The van der Waals surface area contributed by atoms with E-state index in [1.807, 2.05) is 72.6 Å². The number of carbonyl (C=O) groups is 1. The second-order valence-corrected chi connectivity index (χ2v) is 15.1. The number of likely N-dealkylation sites (N-methyl/N-ethyl adjacent to an activating group) is 3. The molecule has 3 saturated heterocycles. The fourth-order valence-electron chi connectivity index (χ4n) is 7.90. The lowest BCUT2D eigenvalue weighted by molar-refractivity contribution is -0.120. The van der Waals surface area contributed by atoms with Crippen LogP contribution in [0.3, 0.4) is 0 Å². The number of aromatic amines is 3. The number of anilines is 1. The van der Waals surface area contributed by atoms with Crippen molar-refractivity contribution in [1.29, 1.82) is 0 Å². The summed E-state index contributed by atoms with van der Waals surface area (Å²) in [6.45, 7) is 8.14. The third kappa shape index (κ3) is 8.08. The zero-order valence-corrected chi connectivity index (χ0v) is 31.5. The van der Waals surface area contributed by atoms with Crippen molar-refractivity contribution in [3.63, 3.8) is 0 Å². The Hall–Kier alpha value is -5.36. The number of benzene rings is 3. The molecule has 3 N–H and O–H groups in total. The van der Waals surface area contributed by atoms with Crippen molar-refractivity contribution >= 4 is 44.0 Å². The van der Waals surface area contributed by atoms with E-state index in [9.17, 15) is 19.2 Å². The molecule has 9 rings (SSSR count). The summed E-state index contributed by atoms with van der Waals surface area (Å²) in [5.41, 5.74) is 3.27. The molecule has 1 amide bonds. The second kappa shape index (κ2) is 15.9. The van der Waals surface area contributed by atoms with Gasteiger partial charge in [-0.15, -0.1) is 0 Å². The van der Waals surface area contributed by atoms with Crippen molar-refractivity contribution in [2.24, 2.45) is 0 Å². The molecule has 11 nitrogen and oxygen atoms in total. The van der Waals surface area contributed by atoms with Crippen LogP contribution in [0.25, 0.3) is 32.3 Å². The van der Waals surface area contributed by atoms with Gasteiger partial charge >= 0.3 is 0 Å². The molecule has 3 aromatic heterocycles. The maximum absolute atomic E-state index is 12.1. The zero-order chi connectivity index (χ0) is 37.9. The number of rotatable bonds is 3. The number of fused-ring (bicyclic) bond motifs is 3. The van der Waals surface area contributed by atoms with Gasteiger partial charge in [0.2, 0.25) is 5.91 Å². The maximum Gasteiger partial charge on any atom is 0.257 e. The predicted octanol–water partition coefficient (Wildman–Crippen LogP) is 5.01. The lowest BCUT2D eigenvalue weighted by atomic mass is 10.00. The van der Waals surface area contributed by atoms with Crippen LogP contribution in [0, 0.1) is 6.92 Å². The normalized spacial score (nSPS) is 19.6. The molecule has 6 aromatic rings. The minimum Gasteiger partial charge on any atom is -0.325 e. The number of amides is 1. The van der Waals surface area contributed by atoms with Gasteiger partial charge in [0.05, 0.1) is 6.54 Å². The van der Waals surface area contributed by atoms with Gasteiger partial charge in [-0.3, -0.25) is 29.0 Å². The van der Waals surface area contributed by atoms with Gasteiger partial charge in [0.25, 0.3) is 16.7 Å². The Balaban J connectivity index is 0.000000125. The highest BCUT2D eigenvalue weighted by Gasteiger charge is 2.25. The third-order valence-electron chi connectivity index (χ3n) is 11.0. The van der Waals surface area contributed by atoms with Crippen molar-refractivity contribution in [1.82, 2.24) is 29.7 Å². The second-order valence-electron chi connectivity index (χ2n) is 15.1. The highest BCUT2D eigenvalue weighted by molar-refractivity contribution is 5.96. The summed E-state index contributed by atoms with van der Waals surface area (Å²) in [6, 6.07) is 27.2. The molecule has 280 valence electrons. The van der Waals surface area contributed by atoms with Gasteiger partial charge in [0, 0.05) is 65.6 Å². The van der Waals surface area contributed by atoms with Gasteiger partial charge in [0.15, 0.2) is 0 Å². The molecule has 3 aliphatic heterocycles. The Bertz CT molecular complexity index is 2490. The van der Waals surface area contributed by atoms with E-state index in [4.69, 9.17) is 0 Å². The van der Waals surface area contributed by atoms with E-state index in [-0.39, 0.29) is 22.6 Å². The van der Waals surface area contributed by atoms with Crippen LogP contribution in [-0.4, -0.2) is 103 Å². The minimum absolute atomic E-state index is 0.0136. The number of H-pyrrole nitrogens is 3. The van der Waals surface area contributed by atoms with Crippen LogP contribution in [0.5, 0.6) is 0 Å². The summed E-state index contributed by atoms with van der Waals surface area (Å²) in [7, 11) is 6.17. The van der Waals surface area contributed by atoms with Crippen molar-refractivity contribution in [3.8, 4) is 0 Å². The summed E-state index contributed by atoms with van der Waals surface area (Å²) < 4.78 is 0. The van der Waals surface area contributed by atoms with Gasteiger partial charge in [0.1, 0.15) is 5.82 Å². The van der Waals surface area contributed by atoms with Crippen LogP contribution in [0.1, 0.15) is 41.6 Å². The molecular weight excluding hydrogens is 679 g/mol. The Kier molecular flexibility index (Phi) is 10.9. The standard InChI is InChI=1S/C15H18N2O.C14H15N3O2.C14H16N2O/c1-10-4-3-5-12-13(10)8-14(16-15(12)18)11-6-7-17(2)9-11;1-16-6-7-17(13(18)9-16)12-8-10-4-2-3-5-11(10)14(19)15-12;1-16-7-6-11(9-16)13-8-10-4-2-3-5-12(10)14(17)15-13/h3-5,8,11H,6-7,9H2,1-2H3,(H,16,18);2-5,8H,6-7,9H2,1H3,(H,15,19);2-5,8,11H,6-7,9H2,1H3,(H,15,17). The summed E-state index contributed by atoms with van der Waals surface area (Å²) in [5.74, 6) is 1.53. The van der Waals surface area contributed by atoms with Gasteiger partial charge in [-0.1, -0.05) is 48.5 Å². The van der Waals surface area contributed by atoms with E-state index in [1.54, 1.807) is 11.0 Å². The highest BCUT2D eigenvalue weighted by atomic mass is 16.2. The molecule has 0 bridgehead atoms. The average molecular weight is 728 g/mol. The fourth-order valence-corrected chi connectivity index (χ4v) is 7.90. The first-order chi connectivity index (χ1) is 26.0. The van der Waals surface area contributed by atoms with E-state index in [1.165, 1.54) is 5.56 Å². The van der Waals surface area contributed by atoms with E-state index in [0.717, 1.165) is 83.9 Å². The molecule has 3 aromatic carbocycles. The molecular formula is C43H49N7O4. The van der Waals surface area contributed by atoms with E-state index >= 15 is 0 Å². The van der Waals surface area contributed by atoms with E-state index in [0.29, 0.717) is 36.1 Å². The smallest absolute Gasteiger partial charge is 0.257 e. The number of aromatic nitrogens is 3. The highest BCUT2D eigenvalue weighted by Crippen LogP contribution is 2.27. The lowest BCUT2D eigenvalue weighted by Gasteiger charge is -2.31. The quantitative estimate of drug-likeness (QED) is 0.234. The minimum atomic E-state index is -0.153. The molecule has 3 fully saturated rings. The predicted molar refractivity (Wildman–Crippen MR) is 218 cm³/mol. The van der Waals surface area contributed by atoms with Crippen LogP contribution in [0.4, 0.5) is 5.82 Å². The molecule has 3 aliphatic rings. The number of nitrogens with one attached hydrogen (secondary N) is 3. The Labute approximate surface area is 314 Å². The molecule has 54 heavy (non-hydrogen) atoms. The third-order valence-corrected chi connectivity index (χ3v) is 11.0. The summed E-state index contributed by atoms with van der Waals surface area (Å²) >= 11 is 0. The largest absolute Gasteiger partial charge is 0.325 e.